The first-order chi connectivity index (χ1) is 19.3. The van der Waals surface area contributed by atoms with Crippen LogP contribution in [0.25, 0.3) is 10.2 Å². The first-order valence-corrected chi connectivity index (χ1v) is 15.3. The third-order valence-corrected chi connectivity index (χ3v) is 9.94. The highest BCUT2D eigenvalue weighted by molar-refractivity contribution is 7.89. The van der Waals surface area contributed by atoms with Crippen molar-refractivity contribution in [3.63, 3.8) is 0 Å². The zero-order chi connectivity index (χ0) is 28.3. The van der Waals surface area contributed by atoms with Crippen molar-refractivity contribution < 1.29 is 13.2 Å². The first kappa shape index (κ1) is 27.9. The van der Waals surface area contributed by atoms with Crippen LogP contribution in [0.5, 0.6) is 0 Å². The minimum atomic E-state index is -3.76. The molecule has 40 heavy (non-hydrogen) atoms. The first-order valence-electron chi connectivity index (χ1n) is 12.7. The van der Waals surface area contributed by atoms with Gasteiger partial charge in [0.25, 0.3) is 5.91 Å². The maximum absolute atomic E-state index is 13.8. The fourth-order valence-electron chi connectivity index (χ4n) is 4.31. The molecule has 5 rings (SSSR count). The highest BCUT2D eigenvalue weighted by Gasteiger charge is 2.26. The second kappa shape index (κ2) is 11.9. The van der Waals surface area contributed by atoms with Crippen molar-refractivity contribution in [1.29, 1.82) is 0 Å². The topological polar surface area (TPSA) is 83.5 Å². The highest BCUT2D eigenvalue weighted by Crippen LogP contribution is 2.35. The molecule has 0 atom stereocenters. The van der Waals surface area contributed by atoms with E-state index in [0.717, 1.165) is 21.3 Å². The molecule has 2 aromatic heterocycles. The van der Waals surface area contributed by atoms with Gasteiger partial charge in [-0.25, -0.2) is 13.4 Å². The summed E-state index contributed by atoms with van der Waals surface area (Å²) >= 11 is 7.71. The average molecular weight is 591 g/mol. The van der Waals surface area contributed by atoms with Gasteiger partial charge in [-0.1, -0.05) is 66.3 Å². The van der Waals surface area contributed by atoms with Crippen LogP contribution in [0.15, 0.2) is 96.0 Å². The molecular weight excluding hydrogens is 564 g/mol. The maximum atomic E-state index is 13.8. The minimum absolute atomic E-state index is 0.128. The van der Waals surface area contributed by atoms with Crippen LogP contribution in [-0.4, -0.2) is 35.1 Å². The molecule has 5 aromatic rings. The fraction of sp³-hybridized carbons (Fsp3) is 0.167. The van der Waals surface area contributed by atoms with E-state index in [2.05, 4.69) is 4.98 Å². The summed E-state index contributed by atoms with van der Waals surface area (Å²) in [4.78, 5) is 24.7. The van der Waals surface area contributed by atoms with Crippen molar-refractivity contribution in [2.24, 2.45) is 0 Å². The summed E-state index contributed by atoms with van der Waals surface area (Å²) in [6, 6.07) is 24.8. The lowest BCUT2D eigenvalue weighted by Gasteiger charge is -2.22. The molecule has 3 aromatic carbocycles. The number of aryl methyl sites for hydroxylation is 1. The number of sulfonamides is 1. The molecule has 204 valence electrons. The zero-order valence-electron chi connectivity index (χ0n) is 22.0. The van der Waals surface area contributed by atoms with Gasteiger partial charge in [-0.05, 0) is 66.6 Å². The molecule has 7 nitrogen and oxygen atoms in total. The number of amides is 1. The molecule has 2 heterocycles. The van der Waals surface area contributed by atoms with Gasteiger partial charge in [0.15, 0.2) is 5.13 Å². The number of hydrogen-bond acceptors (Lipinski definition) is 6. The Hall–Kier alpha value is -3.63. The molecule has 10 heteroatoms. The third kappa shape index (κ3) is 5.78. The lowest BCUT2D eigenvalue weighted by Crippen LogP contribution is -2.31. The van der Waals surface area contributed by atoms with Crippen molar-refractivity contribution in [1.82, 2.24) is 14.3 Å². The Bertz CT molecular complexity index is 1740. The number of fused-ring (bicyclic) bond motifs is 1. The number of thiazole rings is 1. The number of carbonyl (C=O) groups excluding carboxylic acids is 1. The van der Waals surface area contributed by atoms with E-state index in [9.17, 15) is 13.2 Å². The van der Waals surface area contributed by atoms with E-state index < -0.39 is 10.0 Å². The van der Waals surface area contributed by atoms with Crippen LogP contribution in [0.1, 0.15) is 34.1 Å². The van der Waals surface area contributed by atoms with Crippen molar-refractivity contribution >= 4 is 54.2 Å². The largest absolute Gasteiger partial charge is 0.278 e. The molecule has 0 aliphatic rings. The molecule has 0 bridgehead atoms. The number of nitrogens with zero attached hydrogens (tertiary/aromatic N) is 4. The molecule has 0 aliphatic carbocycles. The van der Waals surface area contributed by atoms with Crippen LogP contribution in [0.4, 0.5) is 5.13 Å². The third-order valence-electron chi connectivity index (χ3n) is 6.55. The maximum Gasteiger partial charge on any atom is 0.260 e. The predicted molar refractivity (Wildman–Crippen MR) is 160 cm³/mol. The Labute approximate surface area is 242 Å². The Morgan fingerprint density at radius 1 is 0.925 bits per heavy atom. The summed E-state index contributed by atoms with van der Waals surface area (Å²) in [7, 11) is -3.76. The Morgan fingerprint density at radius 2 is 1.65 bits per heavy atom. The van der Waals surface area contributed by atoms with E-state index in [1.807, 2.05) is 67.6 Å². The van der Waals surface area contributed by atoms with E-state index >= 15 is 0 Å². The number of anilines is 1. The number of rotatable bonds is 9. The van der Waals surface area contributed by atoms with E-state index in [0.29, 0.717) is 28.0 Å². The molecular formula is C30H27ClN4O3S2. The lowest BCUT2D eigenvalue weighted by molar-refractivity contribution is 0.0984. The molecule has 0 unspecified atom stereocenters. The van der Waals surface area contributed by atoms with Gasteiger partial charge in [-0.3, -0.25) is 14.7 Å². The highest BCUT2D eigenvalue weighted by atomic mass is 35.5. The van der Waals surface area contributed by atoms with E-state index in [1.54, 1.807) is 30.2 Å². The van der Waals surface area contributed by atoms with Crippen molar-refractivity contribution in [2.45, 2.75) is 31.8 Å². The predicted octanol–water partition coefficient (Wildman–Crippen LogP) is 6.71. The van der Waals surface area contributed by atoms with Crippen LogP contribution < -0.4 is 4.90 Å². The van der Waals surface area contributed by atoms with Crippen molar-refractivity contribution in [3.8, 4) is 0 Å². The van der Waals surface area contributed by atoms with E-state index in [4.69, 9.17) is 16.6 Å². The van der Waals surface area contributed by atoms with E-state index in [-0.39, 0.29) is 23.9 Å². The SMILES string of the molecule is CCN(Cc1ccccc1)S(=O)(=O)c1ccc(C(=O)N(Cc2ccccn2)c2nc3c(C)c(Cl)ccc3s2)cc1. The van der Waals surface area contributed by atoms with Gasteiger partial charge in [0.1, 0.15) is 0 Å². The summed E-state index contributed by atoms with van der Waals surface area (Å²) < 4.78 is 29.1. The number of pyridine rings is 1. The monoisotopic (exact) mass is 590 g/mol. The Kier molecular flexibility index (Phi) is 8.27. The summed E-state index contributed by atoms with van der Waals surface area (Å²) in [5.74, 6) is -0.311. The smallest absolute Gasteiger partial charge is 0.260 e. The van der Waals surface area contributed by atoms with E-state index in [1.165, 1.54) is 27.8 Å². The second-order valence-corrected chi connectivity index (χ2v) is 12.5. The van der Waals surface area contributed by atoms with Crippen LogP contribution in [-0.2, 0) is 23.1 Å². The van der Waals surface area contributed by atoms with Crippen molar-refractivity contribution in [2.75, 3.05) is 11.4 Å². The normalized spacial score (nSPS) is 11.7. The number of hydrogen-bond donors (Lipinski definition) is 0. The molecule has 0 saturated heterocycles. The quantitative estimate of drug-likeness (QED) is 0.190. The Balaban J connectivity index is 1.46. The zero-order valence-corrected chi connectivity index (χ0v) is 24.4. The lowest BCUT2D eigenvalue weighted by atomic mass is 10.2. The number of benzene rings is 3. The number of aromatic nitrogens is 2. The van der Waals surface area contributed by atoms with Gasteiger partial charge in [0.05, 0.1) is 27.4 Å². The van der Waals surface area contributed by atoms with Gasteiger partial charge in [0.2, 0.25) is 10.0 Å². The molecule has 0 N–H and O–H groups in total. The van der Waals surface area contributed by atoms with Crippen LogP contribution in [0, 0.1) is 6.92 Å². The second-order valence-electron chi connectivity index (χ2n) is 9.17. The molecule has 0 aliphatic heterocycles. The Morgan fingerprint density at radius 3 is 2.33 bits per heavy atom. The molecule has 0 spiro atoms. The number of halogens is 1. The summed E-state index contributed by atoms with van der Waals surface area (Å²) in [6.07, 6.45) is 1.68. The van der Waals surface area contributed by atoms with Crippen LogP contribution in [0.3, 0.4) is 0 Å². The van der Waals surface area contributed by atoms with Gasteiger partial charge in [0, 0.05) is 29.9 Å². The fourth-order valence-corrected chi connectivity index (χ4v) is 6.92. The average Bonchev–Trinajstić information content (AvgIpc) is 3.42. The van der Waals surface area contributed by atoms with Gasteiger partial charge >= 0.3 is 0 Å². The van der Waals surface area contributed by atoms with Crippen LogP contribution >= 0.6 is 22.9 Å². The summed E-state index contributed by atoms with van der Waals surface area (Å²) in [5.41, 5.74) is 3.53. The van der Waals surface area contributed by atoms with Crippen molar-refractivity contribution in [3.05, 3.63) is 119 Å². The number of carbonyl (C=O) groups is 1. The molecule has 0 saturated carbocycles. The van der Waals surface area contributed by atoms with Gasteiger partial charge in [-0.2, -0.15) is 4.31 Å². The summed E-state index contributed by atoms with van der Waals surface area (Å²) in [5, 5.41) is 1.12. The molecule has 0 fully saturated rings. The molecule has 0 radical (unpaired) electrons. The minimum Gasteiger partial charge on any atom is -0.278 e. The van der Waals surface area contributed by atoms with Gasteiger partial charge in [-0.15, -0.1) is 0 Å². The van der Waals surface area contributed by atoms with Gasteiger partial charge < -0.3 is 0 Å². The van der Waals surface area contributed by atoms with Crippen LogP contribution in [0.2, 0.25) is 5.02 Å². The molecule has 1 amide bonds. The summed E-state index contributed by atoms with van der Waals surface area (Å²) in [6.45, 7) is 4.49. The standard InChI is InChI=1S/C30H27ClN4O3S2/c1-3-34(19-22-9-5-4-6-10-22)40(37,38)25-14-12-23(13-15-25)29(36)35(20-24-11-7-8-18-32-24)30-33-28-21(2)26(31)16-17-27(28)39-30/h4-18H,3,19-20H2,1-2H3.